The minimum absolute atomic E-state index is 0. The second-order valence-corrected chi connectivity index (χ2v) is 6.19. The van der Waals surface area contributed by atoms with Crippen molar-refractivity contribution in [1.29, 1.82) is 0 Å². The summed E-state index contributed by atoms with van der Waals surface area (Å²) < 4.78 is 5.63. The largest absolute Gasteiger partial charge is 0.448 e. The van der Waals surface area contributed by atoms with E-state index in [1.165, 1.54) is 0 Å². The Hall–Kier alpha value is -1.77. The van der Waals surface area contributed by atoms with Gasteiger partial charge in [-0.15, -0.1) is 12.8 Å². The second kappa shape index (κ2) is 8.75. The van der Waals surface area contributed by atoms with Crippen molar-refractivity contribution >= 4 is 5.57 Å². The van der Waals surface area contributed by atoms with Gasteiger partial charge in [0, 0.05) is 38.3 Å². The quantitative estimate of drug-likeness (QED) is 0.527. The fourth-order valence-corrected chi connectivity index (χ4v) is 3.31. The van der Waals surface area contributed by atoms with Gasteiger partial charge in [-0.3, -0.25) is 4.79 Å². The van der Waals surface area contributed by atoms with Crippen LogP contribution in [0.3, 0.4) is 0 Å². The van der Waals surface area contributed by atoms with Gasteiger partial charge in [0.1, 0.15) is 0 Å². The Morgan fingerprint density at radius 1 is 0.846 bits per heavy atom. The van der Waals surface area contributed by atoms with Crippen molar-refractivity contribution in [2.24, 2.45) is 0 Å². The number of rotatable bonds is 3. The molecule has 0 unspecified atom stereocenters. The van der Waals surface area contributed by atoms with E-state index in [2.05, 4.69) is 12.1 Å². The minimum Gasteiger partial charge on any atom is -0.448 e. The van der Waals surface area contributed by atoms with Gasteiger partial charge in [-0.05, 0) is 0 Å². The van der Waals surface area contributed by atoms with E-state index in [0.29, 0.717) is 5.76 Å². The molecule has 1 aromatic heterocycles. The van der Waals surface area contributed by atoms with E-state index in [9.17, 15) is 4.79 Å². The van der Waals surface area contributed by atoms with E-state index < -0.39 is 5.63 Å². The van der Waals surface area contributed by atoms with E-state index in [0.717, 1.165) is 53.5 Å². The Morgan fingerprint density at radius 3 is 2.12 bits per heavy atom. The van der Waals surface area contributed by atoms with Gasteiger partial charge in [0.05, 0.1) is 5.76 Å². The molecule has 0 amide bonds. The third-order valence-electron chi connectivity index (χ3n) is 4.49. The van der Waals surface area contributed by atoms with Gasteiger partial charge in [0.25, 0.3) is 5.63 Å². The molecule has 4 rings (SSSR count). The maximum absolute atomic E-state index is 12.2. The summed E-state index contributed by atoms with van der Waals surface area (Å²) in [5, 5.41) is 0. The zero-order chi connectivity index (χ0) is 17.1. The molecule has 1 radical (unpaired) electrons. The summed E-state index contributed by atoms with van der Waals surface area (Å²) in [6, 6.07) is 22.8. The third-order valence-corrected chi connectivity index (χ3v) is 4.49. The Bertz CT molecular complexity index is 957. The molecule has 0 fully saturated rings. The van der Waals surface area contributed by atoms with Crippen LogP contribution < -0.4 is 5.63 Å². The molecule has 26 heavy (non-hydrogen) atoms. The maximum atomic E-state index is 12.2. The van der Waals surface area contributed by atoms with Crippen molar-refractivity contribution in [1.82, 2.24) is 0 Å². The molecule has 3 heteroatoms. The van der Waals surface area contributed by atoms with Gasteiger partial charge in [-0.1, -0.05) is 79.1 Å². The summed E-state index contributed by atoms with van der Waals surface area (Å²) in [6.45, 7) is 0. The molecule has 127 valence electrons. The molecule has 0 atom stereocenters. The van der Waals surface area contributed by atoms with Gasteiger partial charge in [-0.2, -0.15) is 11.6 Å². The smallest absolute Gasteiger partial charge is 0.256 e. The Morgan fingerprint density at radius 2 is 1.50 bits per heavy atom. The van der Waals surface area contributed by atoms with E-state index in [1.54, 1.807) is 0 Å². The van der Waals surface area contributed by atoms with Crippen LogP contribution in [0.4, 0.5) is 0 Å². The molecule has 0 saturated carbocycles. The van der Waals surface area contributed by atoms with E-state index in [-0.39, 0.29) is 32.7 Å². The van der Waals surface area contributed by atoms with Gasteiger partial charge in [0.2, 0.25) is 0 Å². The summed E-state index contributed by atoms with van der Waals surface area (Å²) in [7, 11) is 0. The molecule has 1 aliphatic rings. The predicted octanol–water partition coefficient (Wildman–Crippen LogP) is 5.53. The minimum atomic E-state index is -0.437. The first kappa shape index (κ1) is 19.0. The topological polar surface area (TPSA) is 30.2 Å². The molecule has 0 saturated heterocycles. The van der Waals surface area contributed by atoms with E-state index >= 15 is 0 Å². The van der Waals surface area contributed by atoms with Crippen LogP contribution in [0.2, 0.25) is 0 Å². The van der Waals surface area contributed by atoms with Crippen molar-refractivity contribution in [3.05, 3.63) is 88.8 Å². The zero-order valence-electron chi connectivity index (χ0n) is 14.5. The van der Waals surface area contributed by atoms with Crippen molar-refractivity contribution in [2.75, 3.05) is 0 Å². The third kappa shape index (κ3) is 3.97. The predicted molar refractivity (Wildman–Crippen MR) is 99.8 cm³/mol. The molecule has 0 bridgehead atoms. The molecule has 2 aromatic carbocycles. The second-order valence-electron chi connectivity index (χ2n) is 6.19. The first-order chi connectivity index (χ1) is 12.3. The van der Waals surface area contributed by atoms with Crippen LogP contribution in [-0.2, 0) is 32.7 Å². The number of allylic oxidation sites excluding steroid dienone is 2. The maximum Gasteiger partial charge on any atom is 0.256 e. The molecule has 3 aromatic rings. The van der Waals surface area contributed by atoms with Gasteiger partial charge >= 0.3 is 0 Å². The molecule has 0 spiro atoms. The molecule has 1 aliphatic carbocycles. The molecular formula is C23H18O2Y-2. The molecule has 1 heterocycles. The fraction of sp³-hybridized carbons (Fsp3) is 0.174. The van der Waals surface area contributed by atoms with Crippen molar-refractivity contribution in [3.8, 4) is 22.5 Å². The zero-order valence-corrected chi connectivity index (χ0v) is 17.3. The van der Waals surface area contributed by atoms with Crippen LogP contribution in [0, 0.1) is 12.1 Å². The average molecular weight is 415 g/mol. The summed E-state index contributed by atoms with van der Waals surface area (Å²) in [4.78, 5) is 12.2. The Kier molecular flexibility index (Phi) is 6.40. The molecule has 0 N–H and O–H groups in total. The fourth-order valence-electron chi connectivity index (χ4n) is 3.31. The van der Waals surface area contributed by atoms with Gasteiger partial charge in [0.15, 0.2) is 0 Å². The SMILES string of the molecule is O=c1[c-]c(C2=[C-]CCCC2)c(-c2ccccc2)c(-c2ccccc2)o1.[Y]. The molecular weight excluding hydrogens is 397 g/mol. The number of hydrogen-bond donors (Lipinski definition) is 0. The van der Waals surface area contributed by atoms with Crippen LogP contribution in [0.5, 0.6) is 0 Å². The summed E-state index contributed by atoms with van der Waals surface area (Å²) in [5.74, 6) is 0.602. The molecule has 2 nitrogen and oxygen atoms in total. The summed E-state index contributed by atoms with van der Waals surface area (Å²) in [6.07, 6.45) is 7.58. The van der Waals surface area contributed by atoms with Crippen LogP contribution in [-0.4, -0.2) is 0 Å². The number of benzene rings is 2. The number of hydrogen-bond acceptors (Lipinski definition) is 2. The van der Waals surface area contributed by atoms with E-state index in [1.807, 2.05) is 60.7 Å². The van der Waals surface area contributed by atoms with Crippen molar-refractivity contribution in [2.45, 2.75) is 25.7 Å². The van der Waals surface area contributed by atoms with Crippen LogP contribution in [0.15, 0.2) is 69.9 Å². The Labute approximate surface area is 178 Å². The first-order valence-electron chi connectivity index (χ1n) is 8.64. The first-order valence-corrected chi connectivity index (χ1v) is 8.64. The van der Waals surface area contributed by atoms with E-state index in [4.69, 9.17) is 4.42 Å². The molecule has 0 aliphatic heterocycles. The van der Waals surface area contributed by atoms with Gasteiger partial charge in [-0.25, -0.2) is 0 Å². The standard InChI is InChI=1S/C23H18O2.Y/c24-21-16-20(17-10-4-1-5-11-17)22(18-12-6-2-7-13-18)23(25-21)19-14-8-3-9-15-19;/h2-3,6-9,12-15H,1,4-5,10H2;/q-2;. The summed E-state index contributed by atoms with van der Waals surface area (Å²) in [5.41, 5.74) is 4.32. The van der Waals surface area contributed by atoms with Crippen LogP contribution in [0.25, 0.3) is 28.0 Å². The van der Waals surface area contributed by atoms with Crippen LogP contribution >= 0.6 is 0 Å². The summed E-state index contributed by atoms with van der Waals surface area (Å²) >= 11 is 0. The average Bonchev–Trinajstić information content (AvgIpc) is 2.69. The van der Waals surface area contributed by atoms with Crippen LogP contribution in [0.1, 0.15) is 31.2 Å². The van der Waals surface area contributed by atoms with Crippen molar-refractivity contribution < 1.29 is 37.1 Å². The van der Waals surface area contributed by atoms with Gasteiger partial charge < -0.3 is 21.6 Å². The Balaban J connectivity index is 0.00000196. The monoisotopic (exact) mass is 415 g/mol. The van der Waals surface area contributed by atoms with Crippen molar-refractivity contribution in [3.63, 3.8) is 0 Å². The normalized spacial score (nSPS) is 13.6.